The molecule has 1 aromatic heterocycles. The van der Waals surface area contributed by atoms with Crippen molar-refractivity contribution in [3.05, 3.63) is 22.8 Å². The lowest BCUT2D eigenvalue weighted by molar-refractivity contribution is 0.183. The molecular weight excluding hydrogens is 244 g/mol. The van der Waals surface area contributed by atoms with E-state index < -0.39 is 0 Å². The SMILES string of the molecule is C[C@H]1Cn2ncc3cc(Br)cc(c32)O1. The number of hydrogen-bond donors (Lipinski definition) is 0. The fourth-order valence-corrected chi connectivity index (χ4v) is 2.34. The first kappa shape index (κ1) is 8.29. The lowest BCUT2D eigenvalue weighted by Crippen LogP contribution is -2.24. The maximum absolute atomic E-state index is 5.75. The first-order valence-electron chi connectivity index (χ1n) is 4.56. The Morgan fingerprint density at radius 3 is 3.29 bits per heavy atom. The summed E-state index contributed by atoms with van der Waals surface area (Å²) in [4.78, 5) is 0. The standard InChI is InChI=1S/C10H9BrN2O/c1-6-5-13-10-7(4-12-13)2-8(11)3-9(10)14-6/h2-4,6H,5H2,1H3/t6-/m0/s1. The van der Waals surface area contributed by atoms with Crippen molar-refractivity contribution in [1.29, 1.82) is 0 Å². The molecule has 0 aliphatic carbocycles. The van der Waals surface area contributed by atoms with Gasteiger partial charge in [-0.2, -0.15) is 5.10 Å². The molecule has 0 N–H and O–H groups in total. The molecule has 2 heterocycles. The Labute approximate surface area is 89.8 Å². The van der Waals surface area contributed by atoms with Gasteiger partial charge in [-0.1, -0.05) is 15.9 Å². The quantitative estimate of drug-likeness (QED) is 0.721. The molecule has 14 heavy (non-hydrogen) atoms. The van der Waals surface area contributed by atoms with Crippen LogP contribution in [0.3, 0.4) is 0 Å². The average molecular weight is 253 g/mol. The molecule has 3 nitrogen and oxygen atoms in total. The van der Waals surface area contributed by atoms with E-state index in [9.17, 15) is 0 Å². The first-order chi connectivity index (χ1) is 6.74. The van der Waals surface area contributed by atoms with Crippen LogP contribution < -0.4 is 4.74 Å². The predicted molar refractivity (Wildman–Crippen MR) is 57.5 cm³/mol. The number of rotatable bonds is 0. The Bertz CT molecular complexity index is 506. The van der Waals surface area contributed by atoms with Crippen molar-refractivity contribution in [2.45, 2.75) is 19.6 Å². The van der Waals surface area contributed by atoms with Crippen LogP contribution in [-0.4, -0.2) is 15.9 Å². The van der Waals surface area contributed by atoms with Crippen molar-refractivity contribution >= 4 is 26.8 Å². The average Bonchev–Trinajstić information content (AvgIpc) is 2.48. The number of hydrogen-bond acceptors (Lipinski definition) is 2. The minimum atomic E-state index is 0.194. The smallest absolute Gasteiger partial charge is 0.146 e. The topological polar surface area (TPSA) is 27.1 Å². The summed E-state index contributed by atoms with van der Waals surface area (Å²) in [5, 5.41) is 5.46. The Balaban J connectivity index is 2.38. The number of nitrogens with zero attached hydrogens (tertiary/aromatic N) is 2. The lowest BCUT2D eigenvalue weighted by Gasteiger charge is -2.22. The molecule has 0 spiro atoms. The molecule has 0 fully saturated rings. The van der Waals surface area contributed by atoms with E-state index in [0.717, 1.165) is 27.7 Å². The van der Waals surface area contributed by atoms with E-state index in [2.05, 4.69) is 34.0 Å². The molecule has 1 aromatic carbocycles. The maximum Gasteiger partial charge on any atom is 0.146 e. The van der Waals surface area contributed by atoms with Gasteiger partial charge in [-0.15, -0.1) is 0 Å². The van der Waals surface area contributed by atoms with Crippen molar-refractivity contribution in [1.82, 2.24) is 9.78 Å². The fourth-order valence-electron chi connectivity index (χ4n) is 1.88. The van der Waals surface area contributed by atoms with Crippen molar-refractivity contribution in [3.63, 3.8) is 0 Å². The van der Waals surface area contributed by atoms with Crippen LogP contribution in [-0.2, 0) is 6.54 Å². The van der Waals surface area contributed by atoms with Crippen molar-refractivity contribution < 1.29 is 4.74 Å². The minimum Gasteiger partial charge on any atom is -0.486 e. The van der Waals surface area contributed by atoms with Crippen LogP contribution in [0.1, 0.15) is 6.92 Å². The van der Waals surface area contributed by atoms with Gasteiger partial charge in [0, 0.05) is 9.86 Å². The van der Waals surface area contributed by atoms with E-state index in [0.29, 0.717) is 0 Å². The summed E-state index contributed by atoms with van der Waals surface area (Å²) in [5.41, 5.74) is 1.10. The summed E-state index contributed by atoms with van der Waals surface area (Å²) in [6, 6.07) is 4.05. The van der Waals surface area contributed by atoms with E-state index >= 15 is 0 Å². The number of ether oxygens (including phenoxy) is 1. The second kappa shape index (κ2) is 2.73. The Morgan fingerprint density at radius 1 is 1.57 bits per heavy atom. The summed E-state index contributed by atoms with van der Waals surface area (Å²) in [7, 11) is 0. The Kier molecular flexibility index (Phi) is 1.62. The van der Waals surface area contributed by atoms with E-state index in [1.54, 1.807) is 0 Å². The molecule has 3 rings (SSSR count). The van der Waals surface area contributed by atoms with Gasteiger partial charge in [0.15, 0.2) is 0 Å². The number of halogens is 1. The number of benzene rings is 1. The highest BCUT2D eigenvalue weighted by Crippen LogP contribution is 2.33. The van der Waals surface area contributed by atoms with E-state index in [4.69, 9.17) is 4.74 Å². The summed E-state index contributed by atoms with van der Waals surface area (Å²) >= 11 is 3.46. The van der Waals surface area contributed by atoms with Gasteiger partial charge >= 0.3 is 0 Å². The van der Waals surface area contributed by atoms with Gasteiger partial charge in [0.1, 0.15) is 17.4 Å². The second-order valence-electron chi connectivity index (χ2n) is 3.60. The lowest BCUT2D eigenvalue weighted by atomic mass is 10.2. The zero-order valence-electron chi connectivity index (χ0n) is 7.70. The Morgan fingerprint density at radius 2 is 2.43 bits per heavy atom. The molecule has 0 amide bonds. The molecule has 1 atom stereocenters. The van der Waals surface area contributed by atoms with Crippen LogP contribution in [0.25, 0.3) is 10.9 Å². The highest BCUT2D eigenvalue weighted by Gasteiger charge is 2.19. The van der Waals surface area contributed by atoms with Crippen molar-refractivity contribution in [2.24, 2.45) is 0 Å². The predicted octanol–water partition coefficient (Wildman–Crippen LogP) is 2.58. The molecule has 0 saturated carbocycles. The first-order valence-corrected chi connectivity index (χ1v) is 5.35. The van der Waals surface area contributed by atoms with Gasteiger partial charge in [-0.3, -0.25) is 4.68 Å². The molecule has 0 unspecified atom stereocenters. The molecule has 4 heteroatoms. The highest BCUT2D eigenvalue weighted by molar-refractivity contribution is 9.10. The summed E-state index contributed by atoms with van der Waals surface area (Å²) in [6.07, 6.45) is 2.07. The van der Waals surface area contributed by atoms with Crippen LogP contribution in [0.4, 0.5) is 0 Å². The molecular formula is C10H9BrN2O. The van der Waals surface area contributed by atoms with Crippen LogP contribution in [0.5, 0.6) is 5.75 Å². The van der Waals surface area contributed by atoms with E-state index in [-0.39, 0.29) is 6.10 Å². The fraction of sp³-hybridized carbons (Fsp3) is 0.300. The van der Waals surface area contributed by atoms with Crippen LogP contribution >= 0.6 is 15.9 Å². The largest absolute Gasteiger partial charge is 0.486 e. The molecule has 2 aromatic rings. The highest BCUT2D eigenvalue weighted by atomic mass is 79.9. The third-order valence-electron chi connectivity index (χ3n) is 2.42. The van der Waals surface area contributed by atoms with Crippen molar-refractivity contribution in [2.75, 3.05) is 0 Å². The monoisotopic (exact) mass is 252 g/mol. The summed E-state index contributed by atoms with van der Waals surface area (Å²) in [6.45, 7) is 2.88. The third kappa shape index (κ3) is 1.07. The van der Waals surface area contributed by atoms with Gasteiger partial charge in [0.2, 0.25) is 0 Å². The zero-order valence-corrected chi connectivity index (χ0v) is 9.28. The van der Waals surface area contributed by atoms with Crippen LogP contribution in [0, 0.1) is 0 Å². The van der Waals surface area contributed by atoms with E-state index in [1.165, 1.54) is 0 Å². The molecule has 1 aliphatic rings. The second-order valence-corrected chi connectivity index (χ2v) is 4.51. The zero-order chi connectivity index (χ0) is 9.71. The minimum absolute atomic E-state index is 0.194. The van der Waals surface area contributed by atoms with Crippen LogP contribution in [0.15, 0.2) is 22.8 Å². The molecule has 0 bridgehead atoms. The van der Waals surface area contributed by atoms with Crippen LogP contribution in [0.2, 0.25) is 0 Å². The third-order valence-corrected chi connectivity index (χ3v) is 2.88. The molecule has 1 aliphatic heterocycles. The van der Waals surface area contributed by atoms with E-state index in [1.807, 2.05) is 16.9 Å². The summed E-state index contributed by atoms with van der Waals surface area (Å²) < 4.78 is 8.79. The molecule has 0 saturated heterocycles. The van der Waals surface area contributed by atoms with Gasteiger partial charge < -0.3 is 4.74 Å². The molecule has 0 radical (unpaired) electrons. The van der Waals surface area contributed by atoms with Gasteiger partial charge in [-0.05, 0) is 19.1 Å². The van der Waals surface area contributed by atoms with Gasteiger partial charge in [-0.25, -0.2) is 0 Å². The van der Waals surface area contributed by atoms with Crippen molar-refractivity contribution in [3.8, 4) is 5.75 Å². The summed E-state index contributed by atoms with van der Waals surface area (Å²) in [5.74, 6) is 0.922. The maximum atomic E-state index is 5.75. The number of aromatic nitrogens is 2. The van der Waals surface area contributed by atoms with Gasteiger partial charge in [0.25, 0.3) is 0 Å². The van der Waals surface area contributed by atoms with Gasteiger partial charge in [0.05, 0.1) is 12.7 Å². The Hall–Kier alpha value is -1.03. The molecule has 72 valence electrons. The normalized spacial score (nSPS) is 19.7.